The number of hydrogen-bond acceptors (Lipinski definition) is 6. The zero-order valence-corrected chi connectivity index (χ0v) is 36.1. The highest BCUT2D eigenvalue weighted by atomic mass is 128. The number of aromatic nitrogens is 5. The Morgan fingerprint density at radius 1 is 0.596 bits per heavy atom. The van der Waals surface area contributed by atoms with Gasteiger partial charge in [0.1, 0.15) is 18.6 Å². The van der Waals surface area contributed by atoms with Gasteiger partial charge in [0, 0.05) is 73.2 Å². The van der Waals surface area contributed by atoms with Gasteiger partial charge in [-0.05, 0) is 29.8 Å². The van der Waals surface area contributed by atoms with Crippen LogP contribution in [-0.4, -0.2) is 42.6 Å². The van der Waals surface area contributed by atoms with Gasteiger partial charge in [0.05, 0.1) is 33.5 Å². The number of fused-ring (bicyclic) bond motifs is 4. The molecular formula is C42H50I2N6O2. The molecule has 4 heterocycles. The Kier molecular flexibility index (Phi) is 19.2. The number of halogens is 2. The van der Waals surface area contributed by atoms with Crippen molar-refractivity contribution in [3.63, 3.8) is 0 Å². The lowest BCUT2D eigenvalue weighted by atomic mass is 9.94. The van der Waals surface area contributed by atoms with Crippen molar-refractivity contribution in [2.24, 2.45) is 7.05 Å². The summed E-state index contributed by atoms with van der Waals surface area (Å²) in [6, 6.07) is 31.4. The number of carbonyl (C=O) groups is 1. The molecule has 1 N–H and O–H groups in total. The topological polar surface area (TPSA) is 97.0 Å². The van der Waals surface area contributed by atoms with Crippen LogP contribution < -0.4 is 4.90 Å². The van der Waals surface area contributed by atoms with E-state index in [0.717, 1.165) is 60.9 Å². The highest BCUT2D eigenvalue weighted by Crippen LogP contribution is 2.42. The van der Waals surface area contributed by atoms with Gasteiger partial charge in [-0.1, -0.05) is 128 Å². The van der Waals surface area contributed by atoms with Crippen LogP contribution in [0.4, 0.5) is 5.69 Å². The van der Waals surface area contributed by atoms with E-state index in [2.05, 4.69) is 57.2 Å². The number of amides is 1. The van der Waals surface area contributed by atoms with Crippen LogP contribution in [0.3, 0.4) is 0 Å². The quantitative estimate of drug-likeness (QED) is 0.174. The second-order valence-corrected chi connectivity index (χ2v) is 10.2. The predicted octanol–water partition coefficient (Wildman–Crippen LogP) is 12.1. The summed E-state index contributed by atoms with van der Waals surface area (Å²) >= 11 is 4.24. The van der Waals surface area contributed by atoms with Crippen molar-refractivity contribution in [3.8, 4) is 17.1 Å². The molecular weight excluding hydrogens is 874 g/mol. The molecule has 8 nitrogen and oxygen atoms in total. The van der Waals surface area contributed by atoms with Gasteiger partial charge in [-0.25, -0.2) is 19.9 Å². The summed E-state index contributed by atoms with van der Waals surface area (Å²) in [5.74, 6) is -0.0702. The van der Waals surface area contributed by atoms with Crippen LogP contribution in [0.2, 0.25) is 0 Å². The van der Waals surface area contributed by atoms with Crippen LogP contribution in [-0.2, 0) is 11.8 Å². The lowest BCUT2D eigenvalue weighted by Gasteiger charge is -2.12. The van der Waals surface area contributed by atoms with E-state index in [1.807, 2.05) is 167 Å². The van der Waals surface area contributed by atoms with Crippen molar-refractivity contribution < 1.29 is 9.90 Å². The van der Waals surface area contributed by atoms with E-state index in [-0.39, 0.29) is 17.7 Å². The molecule has 0 saturated carbocycles. The Labute approximate surface area is 332 Å². The monoisotopic (exact) mass is 924 g/mol. The molecule has 1 atom stereocenters. The zero-order valence-electron chi connectivity index (χ0n) is 31.8. The van der Waals surface area contributed by atoms with Crippen LogP contribution in [0.1, 0.15) is 72.6 Å². The standard InChI is InChI=1S/2C17H13N3O.4C2H6.I2/c2*1-20-14-9-5-3-7-12(14)15(17(20)21)16-11-6-2-4-8-13(11)18-10-19-16;5*1-2/h2-10,21H,1H3;2-10,15H,1H3;4*1-2H3;. The highest BCUT2D eigenvalue weighted by Gasteiger charge is 2.37. The second-order valence-electron chi connectivity index (χ2n) is 10.2. The normalized spacial score (nSPS) is 12.1. The number of anilines is 1. The third kappa shape index (κ3) is 9.24. The number of likely N-dealkylation sites (N-methyl/N-ethyl adjacent to an activating group) is 1. The van der Waals surface area contributed by atoms with Gasteiger partial charge in [-0.3, -0.25) is 4.79 Å². The lowest BCUT2D eigenvalue weighted by molar-refractivity contribution is -0.118. The summed E-state index contributed by atoms with van der Waals surface area (Å²) in [7, 11) is 3.66. The molecule has 274 valence electrons. The molecule has 0 bridgehead atoms. The van der Waals surface area contributed by atoms with E-state index in [4.69, 9.17) is 0 Å². The Morgan fingerprint density at radius 2 is 1.08 bits per heavy atom. The third-order valence-corrected chi connectivity index (χ3v) is 7.89. The first-order valence-electron chi connectivity index (χ1n) is 17.7. The molecule has 1 amide bonds. The number of aromatic hydroxyl groups is 1. The Morgan fingerprint density at radius 3 is 1.71 bits per heavy atom. The number of aryl methyl sites for hydroxylation is 1. The van der Waals surface area contributed by atoms with Crippen molar-refractivity contribution in [1.82, 2.24) is 24.5 Å². The predicted molar refractivity (Wildman–Crippen MR) is 238 cm³/mol. The van der Waals surface area contributed by atoms with E-state index in [1.54, 1.807) is 15.8 Å². The molecule has 52 heavy (non-hydrogen) atoms. The first kappa shape index (κ1) is 44.0. The molecule has 10 heteroatoms. The average molecular weight is 925 g/mol. The molecule has 0 fully saturated rings. The number of carbonyl (C=O) groups excluding carboxylic acids is 1. The molecule has 1 aliphatic rings. The second kappa shape index (κ2) is 22.7. The molecule has 4 aromatic carbocycles. The van der Waals surface area contributed by atoms with Gasteiger partial charge >= 0.3 is 0 Å². The van der Waals surface area contributed by atoms with Crippen LogP contribution in [0.25, 0.3) is 44.0 Å². The van der Waals surface area contributed by atoms with Crippen molar-refractivity contribution in [2.45, 2.75) is 61.3 Å². The van der Waals surface area contributed by atoms with E-state index >= 15 is 0 Å². The number of benzene rings is 4. The van der Waals surface area contributed by atoms with E-state index in [0.29, 0.717) is 0 Å². The van der Waals surface area contributed by atoms with Gasteiger partial charge in [0.25, 0.3) is 0 Å². The minimum atomic E-state index is -0.348. The molecule has 0 radical (unpaired) electrons. The zero-order chi connectivity index (χ0) is 38.8. The number of hydrogen-bond donors (Lipinski definition) is 1. The molecule has 1 unspecified atom stereocenters. The Bertz CT molecular complexity index is 2140. The third-order valence-electron chi connectivity index (χ3n) is 7.89. The maximum Gasteiger partial charge on any atom is 0.240 e. The minimum Gasteiger partial charge on any atom is -0.494 e. The smallest absolute Gasteiger partial charge is 0.240 e. The van der Waals surface area contributed by atoms with Crippen molar-refractivity contribution >= 4 is 81.5 Å². The Balaban J connectivity index is 0.000000291. The molecule has 1 aliphatic heterocycles. The maximum atomic E-state index is 12.7. The SMILES string of the molecule is CC.CC.CC.CC.CN1C(=O)C(c2ncnc3ccccc23)c2ccccc21.Cn1c(O)c(-c2ncnc3ccccc23)c2ccccc21.II. The van der Waals surface area contributed by atoms with E-state index in [9.17, 15) is 9.90 Å². The minimum absolute atomic E-state index is 0.0556. The van der Waals surface area contributed by atoms with Crippen LogP contribution >= 0.6 is 37.2 Å². The van der Waals surface area contributed by atoms with Crippen molar-refractivity contribution in [3.05, 3.63) is 121 Å². The first-order valence-corrected chi connectivity index (χ1v) is 24.0. The summed E-state index contributed by atoms with van der Waals surface area (Å²) < 4.78 is 1.78. The molecule has 3 aromatic heterocycles. The van der Waals surface area contributed by atoms with Crippen molar-refractivity contribution in [2.75, 3.05) is 11.9 Å². The first-order chi connectivity index (χ1) is 25.5. The number of rotatable bonds is 2. The van der Waals surface area contributed by atoms with E-state index in [1.165, 1.54) is 6.33 Å². The maximum absolute atomic E-state index is 12.7. The summed E-state index contributed by atoms with van der Waals surface area (Å²) in [5, 5.41) is 13.4. The van der Waals surface area contributed by atoms with Gasteiger partial charge < -0.3 is 14.6 Å². The summed E-state index contributed by atoms with van der Waals surface area (Å²) in [5.41, 5.74) is 6.97. The van der Waals surface area contributed by atoms with Gasteiger partial charge in [0.15, 0.2) is 0 Å². The fourth-order valence-electron chi connectivity index (χ4n) is 5.82. The number of para-hydroxylation sites is 4. The van der Waals surface area contributed by atoms with Crippen LogP contribution in [0.15, 0.2) is 110 Å². The molecule has 0 spiro atoms. The summed E-state index contributed by atoms with van der Waals surface area (Å²) in [6.07, 6.45) is 3.07. The van der Waals surface area contributed by atoms with Gasteiger partial charge in [0.2, 0.25) is 11.8 Å². The van der Waals surface area contributed by atoms with E-state index < -0.39 is 0 Å². The molecule has 7 aromatic rings. The van der Waals surface area contributed by atoms with Gasteiger partial charge in [-0.15, -0.1) is 0 Å². The van der Waals surface area contributed by atoms with Crippen molar-refractivity contribution in [1.29, 1.82) is 0 Å². The highest BCUT2D eigenvalue weighted by molar-refractivity contribution is 15.0. The fourth-order valence-corrected chi connectivity index (χ4v) is 5.82. The van der Waals surface area contributed by atoms with Crippen LogP contribution in [0, 0.1) is 0 Å². The fraction of sp³-hybridized carbons (Fsp3) is 0.262. The Hall–Kier alpha value is -4.17. The summed E-state index contributed by atoms with van der Waals surface area (Å²) in [6.45, 7) is 16.0. The van der Waals surface area contributed by atoms with Gasteiger partial charge in [-0.2, -0.15) is 0 Å². The largest absolute Gasteiger partial charge is 0.494 e. The average Bonchev–Trinajstić information content (AvgIpc) is 3.65. The summed E-state index contributed by atoms with van der Waals surface area (Å²) in [4.78, 5) is 31.8. The molecule has 0 aliphatic carbocycles. The molecule has 0 saturated heterocycles. The number of nitrogens with zero attached hydrogens (tertiary/aromatic N) is 6. The van der Waals surface area contributed by atoms with Crippen LogP contribution in [0.5, 0.6) is 5.88 Å². The molecule has 8 rings (SSSR count). The lowest BCUT2D eigenvalue weighted by Crippen LogP contribution is -2.25.